The summed E-state index contributed by atoms with van der Waals surface area (Å²) in [4.78, 5) is 0. The monoisotopic (exact) mass is 252 g/mol. The molecular formula is C16H16N2O. The number of hydrogen-bond acceptors (Lipinski definition) is 3. The van der Waals surface area contributed by atoms with E-state index in [0.717, 1.165) is 11.3 Å². The second-order valence-electron chi connectivity index (χ2n) is 4.66. The Morgan fingerprint density at radius 2 is 1.89 bits per heavy atom. The molecule has 2 N–H and O–H groups in total. The second-order valence-corrected chi connectivity index (χ2v) is 4.66. The molecule has 2 aromatic carbocycles. The molecule has 19 heavy (non-hydrogen) atoms. The molecule has 2 aromatic rings. The summed E-state index contributed by atoms with van der Waals surface area (Å²) in [6.45, 7) is 4.24. The second kappa shape index (κ2) is 5.45. The SMILES string of the molecule is CC(C)c1ccccc1Oc1ccc(C#N)c(N)c1. The highest BCUT2D eigenvalue weighted by Gasteiger charge is 2.08. The summed E-state index contributed by atoms with van der Waals surface area (Å²) in [6.07, 6.45) is 0. The molecule has 0 atom stereocenters. The molecule has 0 spiro atoms. The molecule has 96 valence electrons. The minimum atomic E-state index is 0.381. The van der Waals surface area contributed by atoms with Crippen molar-refractivity contribution in [2.24, 2.45) is 0 Å². The van der Waals surface area contributed by atoms with E-state index in [2.05, 4.69) is 13.8 Å². The van der Waals surface area contributed by atoms with E-state index in [0.29, 0.717) is 22.9 Å². The summed E-state index contributed by atoms with van der Waals surface area (Å²) in [5, 5.41) is 8.85. The van der Waals surface area contributed by atoms with Gasteiger partial charge in [-0.05, 0) is 29.7 Å². The third kappa shape index (κ3) is 2.86. The van der Waals surface area contributed by atoms with Gasteiger partial charge in [-0.25, -0.2) is 0 Å². The van der Waals surface area contributed by atoms with Gasteiger partial charge in [-0.2, -0.15) is 5.26 Å². The van der Waals surface area contributed by atoms with Crippen molar-refractivity contribution in [2.75, 3.05) is 5.73 Å². The lowest BCUT2D eigenvalue weighted by Gasteiger charge is -2.13. The summed E-state index contributed by atoms with van der Waals surface area (Å²) >= 11 is 0. The van der Waals surface area contributed by atoms with Crippen molar-refractivity contribution >= 4 is 5.69 Å². The average Bonchev–Trinajstić information content (AvgIpc) is 2.39. The molecule has 0 aliphatic carbocycles. The van der Waals surface area contributed by atoms with Crippen LogP contribution in [0.1, 0.15) is 30.9 Å². The molecule has 0 heterocycles. The van der Waals surface area contributed by atoms with Gasteiger partial charge in [-0.3, -0.25) is 0 Å². The van der Waals surface area contributed by atoms with Crippen LogP contribution in [0.15, 0.2) is 42.5 Å². The van der Waals surface area contributed by atoms with Crippen LogP contribution < -0.4 is 10.5 Å². The molecule has 0 fully saturated rings. The topological polar surface area (TPSA) is 59.0 Å². The van der Waals surface area contributed by atoms with E-state index >= 15 is 0 Å². The van der Waals surface area contributed by atoms with Crippen LogP contribution in [-0.2, 0) is 0 Å². The lowest BCUT2D eigenvalue weighted by atomic mass is 10.0. The van der Waals surface area contributed by atoms with Crippen LogP contribution in [0.25, 0.3) is 0 Å². The van der Waals surface area contributed by atoms with Crippen LogP contribution in [-0.4, -0.2) is 0 Å². The Kier molecular flexibility index (Phi) is 3.72. The van der Waals surface area contributed by atoms with Gasteiger partial charge >= 0.3 is 0 Å². The zero-order chi connectivity index (χ0) is 13.8. The molecule has 0 aliphatic heterocycles. The number of nitriles is 1. The van der Waals surface area contributed by atoms with Gasteiger partial charge < -0.3 is 10.5 Å². The minimum Gasteiger partial charge on any atom is -0.457 e. The summed E-state index contributed by atoms with van der Waals surface area (Å²) < 4.78 is 5.86. The molecule has 0 aliphatic rings. The zero-order valence-corrected chi connectivity index (χ0v) is 11.1. The first-order valence-electron chi connectivity index (χ1n) is 6.18. The Morgan fingerprint density at radius 3 is 2.53 bits per heavy atom. The predicted molar refractivity (Wildman–Crippen MR) is 76.2 cm³/mol. The van der Waals surface area contributed by atoms with Crippen molar-refractivity contribution < 1.29 is 4.74 Å². The van der Waals surface area contributed by atoms with E-state index in [1.165, 1.54) is 0 Å². The Labute approximate surface area is 113 Å². The van der Waals surface area contributed by atoms with E-state index in [1.54, 1.807) is 18.2 Å². The van der Waals surface area contributed by atoms with Crippen molar-refractivity contribution in [1.82, 2.24) is 0 Å². The first-order valence-corrected chi connectivity index (χ1v) is 6.18. The number of nitrogen functional groups attached to an aromatic ring is 1. The fourth-order valence-electron chi connectivity index (χ4n) is 1.88. The van der Waals surface area contributed by atoms with Gasteiger partial charge in [0, 0.05) is 6.07 Å². The van der Waals surface area contributed by atoms with Crippen LogP contribution in [0.3, 0.4) is 0 Å². The summed E-state index contributed by atoms with van der Waals surface area (Å²) in [5.41, 5.74) is 7.82. The minimum absolute atomic E-state index is 0.381. The Bertz CT molecular complexity index is 627. The van der Waals surface area contributed by atoms with Crippen molar-refractivity contribution in [1.29, 1.82) is 5.26 Å². The maximum absolute atomic E-state index is 8.85. The lowest BCUT2D eigenvalue weighted by Crippen LogP contribution is -1.95. The molecule has 0 saturated carbocycles. The molecule has 2 rings (SSSR count). The van der Waals surface area contributed by atoms with Gasteiger partial charge in [-0.1, -0.05) is 32.0 Å². The van der Waals surface area contributed by atoms with Crippen LogP contribution in [0.4, 0.5) is 5.69 Å². The summed E-state index contributed by atoms with van der Waals surface area (Å²) in [6, 6.07) is 15.1. The smallest absolute Gasteiger partial charge is 0.130 e. The third-order valence-corrected chi connectivity index (χ3v) is 2.91. The molecule has 0 amide bonds. The van der Waals surface area contributed by atoms with Crippen molar-refractivity contribution in [3.63, 3.8) is 0 Å². The predicted octanol–water partition coefficient (Wildman–Crippen LogP) is 4.06. The normalized spacial score (nSPS) is 10.2. The van der Waals surface area contributed by atoms with Gasteiger partial charge in [0.15, 0.2) is 0 Å². The largest absolute Gasteiger partial charge is 0.457 e. The van der Waals surface area contributed by atoms with E-state index in [9.17, 15) is 0 Å². The number of hydrogen-bond donors (Lipinski definition) is 1. The van der Waals surface area contributed by atoms with Gasteiger partial charge in [0.1, 0.15) is 17.6 Å². The Hall–Kier alpha value is -2.47. The maximum Gasteiger partial charge on any atom is 0.130 e. The maximum atomic E-state index is 8.85. The lowest BCUT2D eigenvalue weighted by molar-refractivity contribution is 0.473. The van der Waals surface area contributed by atoms with Crippen molar-refractivity contribution in [3.8, 4) is 17.6 Å². The van der Waals surface area contributed by atoms with E-state index in [-0.39, 0.29) is 0 Å². The highest BCUT2D eigenvalue weighted by atomic mass is 16.5. The summed E-state index contributed by atoms with van der Waals surface area (Å²) in [7, 11) is 0. The fourth-order valence-corrected chi connectivity index (χ4v) is 1.88. The van der Waals surface area contributed by atoms with E-state index in [4.69, 9.17) is 15.7 Å². The number of nitrogens with zero attached hydrogens (tertiary/aromatic N) is 1. The third-order valence-electron chi connectivity index (χ3n) is 2.91. The molecule has 0 unspecified atom stereocenters. The van der Waals surface area contributed by atoms with E-state index < -0.39 is 0 Å². The summed E-state index contributed by atoms with van der Waals surface area (Å²) in [5.74, 6) is 1.85. The van der Waals surface area contributed by atoms with Crippen LogP contribution in [0, 0.1) is 11.3 Å². The number of nitrogens with two attached hydrogens (primary N) is 1. The van der Waals surface area contributed by atoms with Gasteiger partial charge in [0.2, 0.25) is 0 Å². The quantitative estimate of drug-likeness (QED) is 0.838. The zero-order valence-electron chi connectivity index (χ0n) is 11.1. The highest BCUT2D eigenvalue weighted by Crippen LogP contribution is 2.31. The first-order chi connectivity index (χ1) is 9.11. The Morgan fingerprint density at radius 1 is 1.16 bits per heavy atom. The number of ether oxygens (including phenoxy) is 1. The number of para-hydroxylation sites is 1. The fraction of sp³-hybridized carbons (Fsp3) is 0.188. The Balaban J connectivity index is 2.32. The molecule has 0 radical (unpaired) electrons. The number of benzene rings is 2. The van der Waals surface area contributed by atoms with Gasteiger partial charge in [0.25, 0.3) is 0 Å². The molecule has 0 aromatic heterocycles. The standard InChI is InChI=1S/C16H16N2O/c1-11(2)14-5-3-4-6-16(14)19-13-8-7-12(10-17)15(18)9-13/h3-9,11H,18H2,1-2H3. The van der Waals surface area contributed by atoms with Crippen molar-refractivity contribution in [3.05, 3.63) is 53.6 Å². The molecule has 3 heteroatoms. The van der Waals surface area contributed by atoms with Gasteiger partial charge in [-0.15, -0.1) is 0 Å². The molecule has 3 nitrogen and oxygen atoms in total. The average molecular weight is 252 g/mol. The van der Waals surface area contributed by atoms with Crippen LogP contribution in [0.5, 0.6) is 11.5 Å². The van der Waals surface area contributed by atoms with Crippen molar-refractivity contribution in [2.45, 2.75) is 19.8 Å². The van der Waals surface area contributed by atoms with E-state index in [1.807, 2.05) is 30.3 Å². The highest BCUT2D eigenvalue weighted by molar-refractivity contribution is 5.57. The molecule has 0 saturated heterocycles. The van der Waals surface area contributed by atoms with Crippen LogP contribution >= 0.6 is 0 Å². The molecule has 0 bridgehead atoms. The number of anilines is 1. The number of rotatable bonds is 3. The van der Waals surface area contributed by atoms with Gasteiger partial charge in [0.05, 0.1) is 11.3 Å². The van der Waals surface area contributed by atoms with Crippen LogP contribution in [0.2, 0.25) is 0 Å². The first kappa shape index (κ1) is 13.0. The molecular weight excluding hydrogens is 236 g/mol.